The Bertz CT molecular complexity index is 470. The number of alkyl halides is 3. The highest BCUT2D eigenvalue weighted by Gasteiger charge is 2.57. The lowest BCUT2D eigenvalue weighted by atomic mass is 9.60. The molecule has 7 heteroatoms. The van der Waals surface area contributed by atoms with Gasteiger partial charge in [-0.15, -0.1) is 0 Å². The summed E-state index contributed by atoms with van der Waals surface area (Å²) in [5.74, 6) is -0.825. The van der Waals surface area contributed by atoms with Gasteiger partial charge >= 0.3 is 13.3 Å². The summed E-state index contributed by atoms with van der Waals surface area (Å²) in [6, 6.07) is 0. The van der Waals surface area contributed by atoms with Crippen molar-refractivity contribution in [1.82, 2.24) is 0 Å². The standard InChI is InChI=1S/C15H23BF4O2/c1-12(2)7-9(8-12)10(15(18,19)20)11(17)16-21-13(3,4)14(5,6)22-16/h9H,7-8H2,1-6H3. The second-order valence-electron chi connectivity index (χ2n) is 8.12. The molecule has 0 N–H and O–H groups in total. The molecule has 0 atom stereocenters. The maximum absolute atomic E-state index is 14.6. The SMILES string of the molecule is CC1(C)CC(C(=C(F)B2OC(C)(C)C(C)(C)O2)C(F)(F)F)C1. The van der Waals surface area contributed by atoms with Gasteiger partial charge in [0, 0.05) is 0 Å². The van der Waals surface area contributed by atoms with Crippen molar-refractivity contribution in [2.24, 2.45) is 11.3 Å². The Morgan fingerprint density at radius 2 is 1.36 bits per heavy atom. The molecule has 0 radical (unpaired) electrons. The first kappa shape index (κ1) is 17.8. The van der Waals surface area contributed by atoms with Gasteiger partial charge in [0.2, 0.25) is 0 Å². The van der Waals surface area contributed by atoms with Gasteiger partial charge in [-0.2, -0.15) is 13.2 Å². The van der Waals surface area contributed by atoms with Crippen molar-refractivity contribution in [3.8, 4) is 0 Å². The Balaban J connectivity index is 2.32. The molecule has 0 unspecified atom stereocenters. The van der Waals surface area contributed by atoms with Crippen LogP contribution in [0.5, 0.6) is 0 Å². The number of hydrogen-bond donors (Lipinski definition) is 0. The molecule has 0 spiro atoms. The van der Waals surface area contributed by atoms with Crippen LogP contribution in [0.15, 0.2) is 11.3 Å². The zero-order valence-corrected chi connectivity index (χ0v) is 13.9. The van der Waals surface area contributed by atoms with Crippen LogP contribution in [-0.2, 0) is 9.31 Å². The molecular formula is C15H23BF4O2. The van der Waals surface area contributed by atoms with Crippen LogP contribution < -0.4 is 0 Å². The molecule has 0 amide bonds. The maximum atomic E-state index is 14.6. The van der Waals surface area contributed by atoms with E-state index >= 15 is 0 Å². The summed E-state index contributed by atoms with van der Waals surface area (Å²) >= 11 is 0. The third kappa shape index (κ3) is 3.07. The quantitative estimate of drug-likeness (QED) is 0.535. The van der Waals surface area contributed by atoms with E-state index in [1.165, 1.54) is 0 Å². The average molecular weight is 322 g/mol. The molecule has 2 aliphatic rings. The Labute approximate surface area is 129 Å². The highest BCUT2D eigenvalue weighted by atomic mass is 19.4. The van der Waals surface area contributed by atoms with Crippen molar-refractivity contribution in [3.63, 3.8) is 0 Å². The zero-order chi connectivity index (χ0) is 17.1. The molecule has 2 rings (SSSR count). The van der Waals surface area contributed by atoms with E-state index in [9.17, 15) is 17.6 Å². The highest BCUT2D eigenvalue weighted by Crippen LogP contribution is 2.53. The molecule has 0 bridgehead atoms. The van der Waals surface area contributed by atoms with Crippen LogP contribution in [0, 0.1) is 11.3 Å². The van der Waals surface area contributed by atoms with Crippen molar-refractivity contribution in [2.75, 3.05) is 0 Å². The summed E-state index contributed by atoms with van der Waals surface area (Å²) in [6.07, 6.45) is -4.08. The van der Waals surface area contributed by atoms with E-state index in [0.29, 0.717) is 12.8 Å². The van der Waals surface area contributed by atoms with Crippen LogP contribution in [0.4, 0.5) is 17.6 Å². The lowest BCUT2D eigenvalue weighted by molar-refractivity contribution is -0.110. The molecule has 2 nitrogen and oxygen atoms in total. The Morgan fingerprint density at radius 3 is 1.68 bits per heavy atom. The van der Waals surface area contributed by atoms with E-state index in [1.54, 1.807) is 27.7 Å². The third-order valence-electron chi connectivity index (χ3n) is 5.03. The molecule has 1 heterocycles. The predicted molar refractivity (Wildman–Crippen MR) is 76.8 cm³/mol. The fourth-order valence-corrected chi connectivity index (χ4v) is 3.11. The Morgan fingerprint density at radius 1 is 0.955 bits per heavy atom. The summed E-state index contributed by atoms with van der Waals surface area (Å²) in [5, 5.41) is 0. The number of rotatable bonds is 2. The van der Waals surface area contributed by atoms with Gasteiger partial charge in [0.1, 0.15) is 5.73 Å². The van der Waals surface area contributed by atoms with E-state index in [2.05, 4.69) is 0 Å². The summed E-state index contributed by atoms with van der Waals surface area (Å²) in [4.78, 5) is 0. The van der Waals surface area contributed by atoms with Crippen LogP contribution in [0.3, 0.4) is 0 Å². The number of hydrogen-bond acceptors (Lipinski definition) is 2. The Hall–Kier alpha value is -0.555. The van der Waals surface area contributed by atoms with Gasteiger partial charge < -0.3 is 9.31 Å². The first-order chi connectivity index (χ1) is 9.66. The largest absolute Gasteiger partial charge is 0.525 e. The van der Waals surface area contributed by atoms with Crippen molar-refractivity contribution in [1.29, 1.82) is 0 Å². The molecule has 0 aromatic carbocycles. The second-order valence-corrected chi connectivity index (χ2v) is 8.12. The summed E-state index contributed by atoms with van der Waals surface area (Å²) < 4.78 is 65.4. The van der Waals surface area contributed by atoms with Crippen molar-refractivity contribution in [2.45, 2.75) is 71.8 Å². The van der Waals surface area contributed by atoms with Crippen molar-refractivity contribution >= 4 is 7.12 Å². The van der Waals surface area contributed by atoms with Crippen LogP contribution >= 0.6 is 0 Å². The average Bonchev–Trinajstić information content (AvgIpc) is 2.43. The van der Waals surface area contributed by atoms with Crippen LogP contribution in [0.1, 0.15) is 54.4 Å². The minimum Gasteiger partial charge on any atom is -0.398 e. The molecule has 0 aromatic rings. The second kappa shape index (κ2) is 4.97. The van der Waals surface area contributed by atoms with Gasteiger partial charge in [-0.25, -0.2) is 4.39 Å². The fourth-order valence-electron chi connectivity index (χ4n) is 3.11. The van der Waals surface area contributed by atoms with Crippen LogP contribution in [-0.4, -0.2) is 24.5 Å². The normalized spacial score (nSPS) is 28.4. The fraction of sp³-hybridized carbons (Fsp3) is 0.867. The van der Waals surface area contributed by atoms with E-state index in [4.69, 9.17) is 9.31 Å². The summed E-state index contributed by atoms with van der Waals surface area (Å²) in [6.45, 7) is 10.5. The highest BCUT2D eigenvalue weighted by molar-refractivity contribution is 6.53. The zero-order valence-electron chi connectivity index (χ0n) is 13.9. The van der Waals surface area contributed by atoms with E-state index in [1.807, 2.05) is 13.8 Å². The Kier molecular flexibility index (Phi) is 4.02. The van der Waals surface area contributed by atoms with Crippen LogP contribution in [0.25, 0.3) is 0 Å². The topological polar surface area (TPSA) is 18.5 Å². The molecule has 2 fully saturated rings. The summed E-state index contributed by atoms with van der Waals surface area (Å²) in [5.41, 5.74) is -4.37. The first-order valence-corrected chi connectivity index (χ1v) is 7.49. The molecule has 0 aromatic heterocycles. The maximum Gasteiger partial charge on any atom is 0.525 e. The molecule has 1 saturated heterocycles. The van der Waals surface area contributed by atoms with Crippen LogP contribution in [0.2, 0.25) is 0 Å². The van der Waals surface area contributed by atoms with Gasteiger partial charge in [0.05, 0.1) is 16.8 Å². The minimum absolute atomic E-state index is 0.183. The van der Waals surface area contributed by atoms with E-state index in [0.717, 1.165) is 0 Å². The number of halogens is 4. The third-order valence-corrected chi connectivity index (χ3v) is 5.03. The molecule has 22 heavy (non-hydrogen) atoms. The van der Waals surface area contributed by atoms with Crippen molar-refractivity contribution < 1.29 is 26.9 Å². The predicted octanol–water partition coefficient (Wildman–Crippen LogP) is 4.84. The summed E-state index contributed by atoms with van der Waals surface area (Å²) in [7, 11) is -1.59. The van der Waals surface area contributed by atoms with Gasteiger partial charge in [-0.05, 0) is 51.9 Å². The molecule has 1 aliphatic heterocycles. The smallest absolute Gasteiger partial charge is 0.398 e. The molecule has 1 saturated carbocycles. The van der Waals surface area contributed by atoms with Gasteiger partial charge in [0.15, 0.2) is 0 Å². The van der Waals surface area contributed by atoms with Crippen molar-refractivity contribution in [3.05, 3.63) is 11.3 Å². The van der Waals surface area contributed by atoms with E-state index < -0.39 is 41.7 Å². The molecule has 1 aliphatic carbocycles. The monoisotopic (exact) mass is 322 g/mol. The lowest BCUT2D eigenvalue weighted by Crippen LogP contribution is -2.41. The first-order valence-electron chi connectivity index (χ1n) is 7.49. The van der Waals surface area contributed by atoms with Gasteiger partial charge in [0.25, 0.3) is 0 Å². The van der Waals surface area contributed by atoms with E-state index in [-0.39, 0.29) is 5.41 Å². The molecular weight excluding hydrogens is 299 g/mol. The molecule has 126 valence electrons. The minimum atomic E-state index is -4.71. The lowest BCUT2D eigenvalue weighted by Gasteiger charge is -2.44. The van der Waals surface area contributed by atoms with Gasteiger partial charge in [-0.3, -0.25) is 0 Å². The van der Waals surface area contributed by atoms with Gasteiger partial charge in [-0.1, -0.05) is 13.8 Å². The number of allylic oxidation sites excluding steroid dienone is 1.